The minimum Gasteiger partial charge on any atom is -0.478 e. The molecule has 0 aliphatic rings. The Morgan fingerprint density at radius 3 is 2.62 bits per heavy atom. The van der Waals surface area contributed by atoms with Gasteiger partial charge in [0.1, 0.15) is 11.6 Å². The molecule has 0 bridgehead atoms. The van der Waals surface area contributed by atoms with E-state index in [-0.39, 0.29) is 18.3 Å². The van der Waals surface area contributed by atoms with Gasteiger partial charge in [0, 0.05) is 18.9 Å². The van der Waals surface area contributed by atoms with E-state index < -0.39 is 5.60 Å². The first-order valence-corrected chi connectivity index (χ1v) is 8.02. The number of hydrogen-bond acceptors (Lipinski definition) is 4. The van der Waals surface area contributed by atoms with Gasteiger partial charge >= 0.3 is 0 Å². The van der Waals surface area contributed by atoms with E-state index in [9.17, 15) is 9.18 Å². The van der Waals surface area contributed by atoms with Crippen LogP contribution in [0.3, 0.4) is 0 Å². The molecule has 0 aliphatic carbocycles. The van der Waals surface area contributed by atoms with Gasteiger partial charge in [-0.2, -0.15) is 11.8 Å². The molecule has 21 heavy (non-hydrogen) atoms. The predicted octanol–water partition coefficient (Wildman–Crippen LogP) is 2.21. The molecule has 0 aromatic heterocycles. The Hall–Kier alpha value is -1.27. The first-order valence-electron chi connectivity index (χ1n) is 6.87. The Kier molecular flexibility index (Phi) is 7.53. The maximum Gasteiger partial charge on any atom is 0.263 e. The molecule has 0 radical (unpaired) electrons. The molecule has 1 rings (SSSR count). The summed E-state index contributed by atoms with van der Waals surface area (Å²) in [6.07, 6.45) is 0.762. The highest BCUT2D eigenvalue weighted by Gasteiger charge is 2.29. The number of aliphatic hydroxyl groups is 1. The van der Waals surface area contributed by atoms with E-state index in [1.54, 1.807) is 25.6 Å². The van der Waals surface area contributed by atoms with Gasteiger partial charge in [-0.05, 0) is 50.3 Å². The summed E-state index contributed by atoms with van der Waals surface area (Å²) in [7, 11) is 0. The zero-order valence-electron chi connectivity index (χ0n) is 12.4. The summed E-state index contributed by atoms with van der Waals surface area (Å²) in [6, 6.07) is 5.58. The number of aliphatic hydroxyl groups excluding tert-OH is 1. The average Bonchev–Trinajstić information content (AvgIpc) is 2.44. The van der Waals surface area contributed by atoms with E-state index in [2.05, 4.69) is 5.32 Å². The first-order chi connectivity index (χ1) is 9.95. The molecule has 118 valence electrons. The fourth-order valence-corrected chi connectivity index (χ4v) is 2.35. The third-order valence-electron chi connectivity index (χ3n) is 2.71. The van der Waals surface area contributed by atoms with E-state index in [1.165, 1.54) is 24.3 Å². The Morgan fingerprint density at radius 1 is 1.33 bits per heavy atom. The molecule has 4 nitrogen and oxygen atoms in total. The second-order valence-corrected chi connectivity index (χ2v) is 6.24. The normalized spacial score (nSPS) is 11.2. The van der Waals surface area contributed by atoms with Crippen LogP contribution in [0, 0.1) is 5.82 Å². The summed E-state index contributed by atoms with van der Waals surface area (Å²) in [5, 5.41) is 11.5. The quantitative estimate of drug-likeness (QED) is 0.686. The van der Waals surface area contributed by atoms with Crippen LogP contribution in [-0.2, 0) is 4.79 Å². The summed E-state index contributed by atoms with van der Waals surface area (Å²) in [6.45, 7) is 4.08. The number of hydrogen-bond donors (Lipinski definition) is 2. The van der Waals surface area contributed by atoms with Crippen LogP contribution in [-0.4, -0.2) is 41.3 Å². The van der Waals surface area contributed by atoms with Crippen molar-refractivity contribution in [3.05, 3.63) is 30.1 Å². The second kappa shape index (κ2) is 8.89. The molecule has 0 aliphatic heterocycles. The SMILES string of the molecule is CC(C)(Oc1ccc(F)cc1)C(=O)NCCSCCCO. The summed E-state index contributed by atoms with van der Waals surface area (Å²) < 4.78 is 18.4. The van der Waals surface area contributed by atoms with Gasteiger partial charge in [-0.25, -0.2) is 4.39 Å². The molecule has 0 saturated carbocycles. The fourth-order valence-electron chi connectivity index (χ4n) is 1.56. The standard InChI is InChI=1S/C15H22FNO3S/c1-15(2,20-13-6-4-12(16)5-7-13)14(19)17-8-11-21-10-3-9-18/h4-7,18H,3,8-11H2,1-2H3,(H,17,19). The van der Waals surface area contributed by atoms with Gasteiger partial charge in [-0.1, -0.05) is 0 Å². The molecule has 1 aromatic carbocycles. The topological polar surface area (TPSA) is 58.6 Å². The fraction of sp³-hybridized carbons (Fsp3) is 0.533. The Bertz CT molecular complexity index is 437. The van der Waals surface area contributed by atoms with Crippen molar-refractivity contribution >= 4 is 17.7 Å². The lowest BCUT2D eigenvalue weighted by atomic mass is 10.1. The summed E-state index contributed by atoms with van der Waals surface area (Å²) in [5.74, 6) is 1.56. The molecule has 0 unspecified atom stereocenters. The number of amides is 1. The van der Waals surface area contributed by atoms with Crippen LogP contribution in [0.2, 0.25) is 0 Å². The van der Waals surface area contributed by atoms with Crippen molar-refractivity contribution in [2.24, 2.45) is 0 Å². The van der Waals surface area contributed by atoms with E-state index >= 15 is 0 Å². The number of carbonyl (C=O) groups is 1. The molecule has 0 saturated heterocycles. The van der Waals surface area contributed by atoms with Crippen molar-refractivity contribution in [1.29, 1.82) is 0 Å². The lowest BCUT2D eigenvalue weighted by molar-refractivity contribution is -0.134. The highest BCUT2D eigenvalue weighted by Crippen LogP contribution is 2.18. The third-order valence-corrected chi connectivity index (χ3v) is 3.78. The Labute approximate surface area is 129 Å². The van der Waals surface area contributed by atoms with Gasteiger partial charge in [0.05, 0.1) is 0 Å². The molecule has 2 N–H and O–H groups in total. The van der Waals surface area contributed by atoms with Crippen LogP contribution >= 0.6 is 11.8 Å². The van der Waals surface area contributed by atoms with E-state index in [1.807, 2.05) is 0 Å². The van der Waals surface area contributed by atoms with E-state index in [0.29, 0.717) is 12.3 Å². The number of rotatable bonds is 9. The molecule has 0 fully saturated rings. The van der Waals surface area contributed by atoms with Gasteiger partial charge in [0.25, 0.3) is 5.91 Å². The maximum atomic E-state index is 12.8. The van der Waals surface area contributed by atoms with Gasteiger partial charge < -0.3 is 15.2 Å². The highest BCUT2D eigenvalue weighted by molar-refractivity contribution is 7.99. The number of benzene rings is 1. The molecule has 0 spiro atoms. The Balaban J connectivity index is 2.35. The lowest BCUT2D eigenvalue weighted by Crippen LogP contribution is -2.47. The monoisotopic (exact) mass is 315 g/mol. The average molecular weight is 315 g/mol. The van der Waals surface area contributed by atoms with Crippen LogP contribution < -0.4 is 10.1 Å². The van der Waals surface area contributed by atoms with E-state index in [4.69, 9.17) is 9.84 Å². The van der Waals surface area contributed by atoms with Crippen LogP contribution in [0.5, 0.6) is 5.75 Å². The van der Waals surface area contributed by atoms with Gasteiger partial charge in [-0.15, -0.1) is 0 Å². The van der Waals surface area contributed by atoms with Gasteiger partial charge in [0.15, 0.2) is 5.60 Å². The number of halogens is 1. The van der Waals surface area contributed by atoms with Crippen molar-refractivity contribution in [1.82, 2.24) is 5.32 Å². The van der Waals surface area contributed by atoms with Gasteiger partial charge in [0.2, 0.25) is 0 Å². The zero-order valence-corrected chi connectivity index (χ0v) is 13.2. The summed E-state index contributed by atoms with van der Waals surface area (Å²) in [5.41, 5.74) is -1.02. The largest absolute Gasteiger partial charge is 0.478 e. The number of carbonyl (C=O) groups excluding carboxylic acids is 1. The van der Waals surface area contributed by atoms with Crippen LogP contribution in [0.15, 0.2) is 24.3 Å². The van der Waals surface area contributed by atoms with Crippen LogP contribution in [0.25, 0.3) is 0 Å². The maximum absolute atomic E-state index is 12.8. The summed E-state index contributed by atoms with van der Waals surface area (Å²) >= 11 is 1.68. The molecule has 0 atom stereocenters. The van der Waals surface area contributed by atoms with E-state index in [0.717, 1.165) is 17.9 Å². The minimum absolute atomic E-state index is 0.192. The molecular weight excluding hydrogens is 293 g/mol. The van der Waals surface area contributed by atoms with Crippen molar-refractivity contribution in [3.8, 4) is 5.75 Å². The molecule has 0 heterocycles. The smallest absolute Gasteiger partial charge is 0.263 e. The van der Waals surface area contributed by atoms with Crippen LogP contribution in [0.1, 0.15) is 20.3 Å². The van der Waals surface area contributed by atoms with Crippen molar-refractivity contribution in [3.63, 3.8) is 0 Å². The second-order valence-electron chi connectivity index (χ2n) is 5.01. The number of thioether (sulfide) groups is 1. The lowest BCUT2D eigenvalue weighted by Gasteiger charge is -2.25. The van der Waals surface area contributed by atoms with Crippen LogP contribution in [0.4, 0.5) is 4.39 Å². The third kappa shape index (κ3) is 6.82. The summed E-state index contributed by atoms with van der Waals surface area (Å²) in [4.78, 5) is 12.1. The van der Waals surface area contributed by atoms with Crippen molar-refractivity contribution < 1.29 is 19.0 Å². The van der Waals surface area contributed by atoms with Crippen molar-refractivity contribution in [2.45, 2.75) is 25.9 Å². The predicted molar refractivity (Wildman–Crippen MR) is 83.1 cm³/mol. The Morgan fingerprint density at radius 2 is 2.00 bits per heavy atom. The molecule has 1 aromatic rings. The minimum atomic E-state index is -1.02. The van der Waals surface area contributed by atoms with Crippen molar-refractivity contribution in [2.75, 3.05) is 24.7 Å². The molecular formula is C15H22FNO3S. The molecule has 1 amide bonds. The number of ether oxygens (including phenoxy) is 1. The zero-order chi connectivity index (χ0) is 15.7. The molecule has 6 heteroatoms. The number of nitrogens with one attached hydrogen (secondary N) is 1. The van der Waals surface area contributed by atoms with Gasteiger partial charge in [-0.3, -0.25) is 4.79 Å². The first kappa shape index (κ1) is 17.8. The highest BCUT2D eigenvalue weighted by atomic mass is 32.2.